The Kier molecular flexibility index (Phi) is 3.84. The highest BCUT2D eigenvalue weighted by atomic mass is 19.1. The van der Waals surface area contributed by atoms with Crippen molar-refractivity contribution in [3.63, 3.8) is 0 Å². The fourth-order valence-corrected chi connectivity index (χ4v) is 1.65. The molecule has 0 aromatic heterocycles. The smallest absolute Gasteiger partial charge is 0.259 e. The van der Waals surface area contributed by atoms with Crippen LogP contribution in [0.15, 0.2) is 36.4 Å². The van der Waals surface area contributed by atoms with Crippen molar-refractivity contribution in [3.05, 3.63) is 53.6 Å². The number of benzene rings is 2. The molecule has 2 rings (SSSR count). The van der Waals surface area contributed by atoms with Gasteiger partial charge in [0.2, 0.25) is 0 Å². The molecule has 0 atom stereocenters. The Morgan fingerprint density at radius 3 is 2.65 bits per heavy atom. The van der Waals surface area contributed by atoms with Crippen molar-refractivity contribution < 1.29 is 23.4 Å². The summed E-state index contributed by atoms with van der Waals surface area (Å²) in [6.07, 6.45) is 0. The molecule has 104 valence electrons. The summed E-state index contributed by atoms with van der Waals surface area (Å²) in [6.45, 7) is 0. The number of rotatable bonds is 3. The number of carbonyl (C=O) groups is 1. The lowest BCUT2D eigenvalue weighted by atomic mass is 10.1. The Labute approximate surface area is 113 Å². The molecule has 0 spiro atoms. The number of carbonyl (C=O) groups excluding carboxylic acids is 1. The van der Waals surface area contributed by atoms with Gasteiger partial charge >= 0.3 is 0 Å². The van der Waals surface area contributed by atoms with Crippen molar-refractivity contribution in [2.75, 3.05) is 12.4 Å². The molecule has 0 aliphatic rings. The Balaban J connectivity index is 2.28. The molecule has 6 heteroatoms. The molecule has 0 saturated carbocycles. The van der Waals surface area contributed by atoms with Gasteiger partial charge in [-0.3, -0.25) is 4.79 Å². The van der Waals surface area contributed by atoms with E-state index in [9.17, 15) is 18.7 Å². The molecule has 2 aromatic rings. The summed E-state index contributed by atoms with van der Waals surface area (Å²) in [7, 11) is 1.34. The topological polar surface area (TPSA) is 58.6 Å². The number of hydrogen-bond donors (Lipinski definition) is 2. The van der Waals surface area contributed by atoms with E-state index in [1.165, 1.54) is 25.3 Å². The van der Waals surface area contributed by atoms with Crippen LogP contribution in [-0.2, 0) is 0 Å². The van der Waals surface area contributed by atoms with Gasteiger partial charge < -0.3 is 15.2 Å². The van der Waals surface area contributed by atoms with Crippen LogP contribution in [-0.4, -0.2) is 18.1 Å². The number of aromatic hydroxyl groups is 1. The molecule has 0 bridgehead atoms. The van der Waals surface area contributed by atoms with Crippen molar-refractivity contribution in [3.8, 4) is 11.5 Å². The third-order valence-corrected chi connectivity index (χ3v) is 2.64. The highest BCUT2D eigenvalue weighted by Crippen LogP contribution is 2.30. The Morgan fingerprint density at radius 1 is 1.25 bits per heavy atom. The van der Waals surface area contributed by atoms with Crippen LogP contribution in [0.5, 0.6) is 11.5 Å². The first-order chi connectivity index (χ1) is 9.52. The van der Waals surface area contributed by atoms with E-state index in [1.807, 2.05) is 0 Å². The number of phenols is 1. The number of ether oxygens (including phenoxy) is 1. The summed E-state index contributed by atoms with van der Waals surface area (Å²) in [5, 5.41) is 12.1. The van der Waals surface area contributed by atoms with E-state index in [0.29, 0.717) is 6.07 Å². The lowest BCUT2D eigenvalue weighted by molar-refractivity contribution is 0.102. The van der Waals surface area contributed by atoms with Crippen molar-refractivity contribution in [1.82, 2.24) is 0 Å². The molecular formula is C14H11F2NO3. The number of anilines is 1. The first kappa shape index (κ1) is 13.8. The lowest BCUT2D eigenvalue weighted by Gasteiger charge is -2.10. The van der Waals surface area contributed by atoms with E-state index in [2.05, 4.69) is 5.32 Å². The van der Waals surface area contributed by atoms with E-state index >= 15 is 0 Å². The predicted molar refractivity (Wildman–Crippen MR) is 69.0 cm³/mol. The lowest BCUT2D eigenvalue weighted by Crippen LogP contribution is -2.13. The van der Waals surface area contributed by atoms with Crippen LogP contribution >= 0.6 is 0 Å². The molecule has 1 amide bonds. The predicted octanol–water partition coefficient (Wildman–Crippen LogP) is 2.93. The average molecular weight is 279 g/mol. The van der Waals surface area contributed by atoms with Crippen LogP contribution in [0.3, 0.4) is 0 Å². The highest BCUT2D eigenvalue weighted by molar-refractivity contribution is 6.06. The average Bonchev–Trinajstić information content (AvgIpc) is 2.42. The van der Waals surface area contributed by atoms with E-state index in [0.717, 1.165) is 12.1 Å². The largest absolute Gasteiger partial charge is 0.504 e. The molecule has 0 heterocycles. The van der Waals surface area contributed by atoms with E-state index < -0.39 is 17.5 Å². The van der Waals surface area contributed by atoms with Gasteiger partial charge in [-0.2, -0.15) is 0 Å². The number of methoxy groups -OCH3 is 1. The van der Waals surface area contributed by atoms with Gasteiger partial charge in [-0.25, -0.2) is 8.78 Å². The summed E-state index contributed by atoms with van der Waals surface area (Å²) in [6, 6.07) is 7.11. The summed E-state index contributed by atoms with van der Waals surface area (Å²) < 4.78 is 31.1. The number of amides is 1. The third-order valence-electron chi connectivity index (χ3n) is 2.64. The van der Waals surface area contributed by atoms with Gasteiger partial charge in [0, 0.05) is 6.07 Å². The Hall–Kier alpha value is -2.63. The zero-order valence-corrected chi connectivity index (χ0v) is 10.5. The van der Waals surface area contributed by atoms with E-state index in [1.54, 1.807) is 0 Å². The Bertz CT molecular complexity index is 659. The van der Waals surface area contributed by atoms with Crippen LogP contribution in [0.25, 0.3) is 0 Å². The van der Waals surface area contributed by atoms with E-state index in [4.69, 9.17) is 4.74 Å². The normalized spacial score (nSPS) is 10.2. The standard InChI is InChI=1S/C14H11F2NO3/c1-20-12-4-2-3-9(13(12)18)14(19)17-11-6-5-8(15)7-10(11)16/h2-7,18H,1H3,(H,17,19). The van der Waals surface area contributed by atoms with Gasteiger partial charge in [-0.15, -0.1) is 0 Å². The quantitative estimate of drug-likeness (QED) is 0.908. The number of hydrogen-bond acceptors (Lipinski definition) is 3. The second-order valence-corrected chi connectivity index (χ2v) is 3.93. The summed E-state index contributed by atoms with van der Waals surface area (Å²) in [5.74, 6) is -2.61. The first-order valence-corrected chi connectivity index (χ1v) is 5.65. The Morgan fingerprint density at radius 2 is 2.00 bits per heavy atom. The minimum Gasteiger partial charge on any atom is -0.504 e. The maximum absolute atomic E-state index is 13.4. The van der Waals surface area contributed by atoms with Crippen molar-refractivity contribution >= 4 is 11.6 Å². The summed E-state index contributed by atoms with van der Waals surface area (Å²) in [5.41, 5.74) is -0.258. The summed E-state index contributed by atoms with van der Waals surface area (Å²) >= 11 is 0. The first-order valence-electron chi connectivity index (χ1n) is 5.65. The number of nitrogens with one attached hydrogen (secondary N) is 1. The molecule has 4 nitrogen and oxygen atoms in total. The molecule has 0 aliphatic carbocycles. The number of phenolic OH excluding ortho intramolecular Hbond substituents is 1. The fourth-order valence-electron chi connectivity index (χ4n) is 1.65. The molecule has 0 fully saturated rings. The molecule has 0 saturated heterocycles. The number of halogens is 2. The molecule has 0 unspecified atom stereocenters. The van der Waals surface area contributed by atoms with Crippen molar-refractivity contribution in [1.29, 1.82) is 0 Å². The van der Waals surface area contributed by atoms with Crippen LogP contribution in [0, 0.1) is 11.6 Å². The molecular weight excluding hydrogens is 268 g/mol. The second-order valence-electron chi connectivity index (χ2n) is 3.93. The third kappa shape index (κ3) is 2.69. The molecule has 0 aliphatic heterocycles. The van der Waals surface area contributed by atoms with Crippen LogP contribution in [0.4, 0.5) is 14.5 Å². The number of para-hydroxylation sites is 1. The van der Waals surface area contributed by atoms with Crippen LogP contribution < -0.4 is 10.1 Å². The molecule has 0 radical (unpaired) electrons. The van der Waals surface area contributed by atoms with Gasteiger partial charge in [-0.05, 0) is 24.3 Å². The van der Waals surface area contributed by atoms with Gasteiger partial charge in [0.1, 0.15) is 11.6 Å². The summed E-state index contributed by atoms with van der Waals surface area (Å²) in [4.78, 5) is 12.0. The fraction of sp³-hybridized carbons (Fsp3) is 0.0714. The van der Waals surface area contributed by atoms with Gasteiger partial charge in [0.15, 0.2) is 11.5 Å². The van der Waals surface area contributed by atoms with Gasteiger partial charge in [0.25, 0.3) is 5.91 Å². The van der Waals surface area contributed by atoms with Crippen molar-refractivity contribution in [2.45, 2.75) is 0 Å². The minimum absolute atomic E-state index is 0.0759. The monoisotopic (exact) mass is 279 g/mol. The van der Waals surface area contributed by atoms with Crippen LogP contribution in [0.2, 0.25) is 0 Å². The van der Waals surface area contributed by atoms with Gasteiger partial charge in [0.05, 0.1) is 18.4 Å². The molecule has 2 N–H and O–H groups in total. The minimum atomic E-state index is -0.902. The zero-order chi connectivity index (χ0) is 14.7. The SMILES string of the molecule is COc1cccc(C(=O)Nc2ccc(F)cc2F)c1O. The maximum Gasteiger partial charge on any atom is 0.259 e. The van der Waals surface area contributed by atoms with E-state index in [-0.39, 0.29) is 22.7 Å². The zero-order valence-electron chi connectivity index (χ0n) is 10.5. The molecule has 20 heavy (non-hydrogen) atoms. The maximum atomic E-state index is 13.4. The van der Waals surface area contributed by atoms with Gasteiger partial charge in [-0.1, -0.05) is 6.07 Å². The second kappa shape index (κ2) is 5.56. The van der Waals surface area contributed by atoms with Crippen LogP contribution in [0.1, 0.15) is 10.4 Å². The van der Waals surface area contributed by atoms with Crippen molar-refractivity contribution in [2.24, 2.45) is 0 Å². The highest BCUT2D eigenvalue weighted by Gasteiger charge is 2.16. The molecule has 2 aromatic carbocycles.